The van der Waals surface area contributed by atoms with Gasteiger partial charge in [-0.3, -0.25) is 9.59 Å². The molecule has 3 rings (SSSR count). The summed E-state index contributed by atoms with van der Waals surface area (Å²) < 4.78 is 10.8. The standard InChI is InChI=1S/C23H25NO5/c1-16(2)14-28-20-6-3-5-18(13-20)23(27)29-15-21(25)17-8-10-19(11-9-17)24-12-4-7-22(24)26/h3,5-6,8-11,13,16H,4,7,12,14-15H2,1-2H3. The lowest BCUT2D eigenvalue weighted by atomic mass is 10.1. The van der Waals surface area contributed by atoms with Crippen LogP contribution in [0.4, 0.5) is 5.69 Å². The molecule has 1 fully saturated rings. The van der Waals surface area contributed by atoms with Gasteiger partial charge >= 0.3 is 5.97 Å². The lowest BCUT2D eigenvalue weighted by Crippen LogP contribution is -2.23. The van der Waals surface area contributed by atoms with Gasteiger partial charge in [-0.05, 0) is 54.8 Å². The first kappa shape index (κ1) is 20.6. The van der Waals surface area contributed by atoms with Gasteiger partial charge in [-0.25, -0.2) is 4.79 Å². The average Bonchev–Trinajstić information content (AvgIpc) is 3.16. The van der Waals surface area contributed by atoms with E-state index in [1.165, 1.54) is 0 Å². The highest BCUT2D eigenvalue weighted by atomic mass is 16.5. The maximum atomic E-state index is 12.3. The number of ether oxygens (including phenoxy) is 2. The third-order valence-corrected chi connectivity index (χ3v) is 4.56. The Balaban J connectivity index is 1.55. The molecule has 0 bridgehead atoms. The molecule has 0 unspecified atom stereocenters. The number of carbonyl (C=O) groups excluding carboxylic acids is 3. The molecule has 1 aliphatic heterocycles. The Morgan fingerprint density at radius 2 is 1.83 bits per heavy atom. The van der Waals surface area contributed by atoms with Crippen molar-refractivity contribution in [2.45, 2.75) is 26.7 Å². The van der Waals surface area contributed by atoms with Crippen LogP contribution in [0.15, 0.2) is 48.5 Å². The van der Waals surface area contributed by atoms with Gasteiger partial charge in [0.15, 0.2) is 12.4 Å². The Labute approximate surface area is 170 Å². The molecule has 1 aliphatic rings. The molecule has 6 nitrogen and oxygen atoms in total. The van der Waals surface area contributed by atoms with Gasteiger partial charge in [-0.15, -0.1) is 0 Å². The van der Waals surface area contributed by atoms with Gasteiger partial charge < -0.3 is 14.4 Å². The minimum absolute atomic E-state index is 0.0950. The third-order valence-electron chi connectivity index (χ3n) is 4.56. The Bertz CT molecular complexity index is 888. The third kappa shape index (κ3) is 5.44. The number of carbonyl (C=O) groups is 3. The minimum Gasteiger partial charge on any atom is -0.493 e. The predicted octanol–water partition coefficient (Wildman–Crippen LogP) is 3.89. The first-order valence-corrected chi connectivity index (χ1v) is 9.77. The Hall–Kier alpha value is -3.15. The zero-order valence-corrected chi connectivity index (χ0v) is 16.7. The van der Waals surface area contributed by atoms with Crippen LogP contribution in [0.5, 0.6) is 5.75 Å². The number of esters is 1. The Morgan fingerprint density at radius 1 is 1.07 bits per heavy atom. The molecule has 2 aromatic rings. The van der Waals surface area contributed by atoms with Crippen molar-refractivity contribution < 1.29 is 23.9 Å². The lowest BCUT2D eigenvalue weighted by Gasteiger charge is -2.15. The number of benzene rings is 2. The quantitative estimate of drug-likeness (QED) is 0.501. The Morgan fingerprint density at radius 3 is 2.48 bits per heavy atom. The molecule has 0 aromatic heterocycles. The average molecular weight is 395 g/mol. The van der Waals surface area contributed by atoms with Crippen molar-refractivity contribution in [1.82, 2.24) is 0 Å². The summed E-state index contributed by atoms with van der Waals surface area (Å²) in [7, 11) is 0. The lowest BCUT2D eigenvalue weighted by molar-refractivity contribution is -0.117. The molecular formula is C23H25NO5. The molecule has 0 saturated carbocycles. The summed E-state index contributed by atoms with van der Waals surface area (Å²) in [4.78, 5) is 38.1. The molecule has 0 N–H and O–H groups in total. The highest BCUT2D eigenvalue weighted by molar-refractivity contribution is 6.00. The number of rotatable bonds is 8. The fourth-order valence-electron chi connectivity index (χ4n) is 3.02. The van der Waals surface area contributed by atoms with Crippen molar-refractivity contribution in [2.24, 2.45) is 5.92 Å². The zero-order valence-electron chi connectivity index (χ0n) is 16.7. The zero-order chi connectivity index (χ0) is 20.8. The summed E-state index contributed by atoms with van der Waals surface area (Å²) in [6.07, 6.45) is 1.40. The maximum absolute atomic E-state index is 12.3. The van der Waals surface area contributed by atoms with E-state index in [4.69, 9.17) is 9.47 Å². The highest BCUT2D eigenvalue weighted by Gasteiger charge is 2.21. The second-order valence-corrected chi connectivity index (χ2v) is 7.43. The minimum atomic E-state index is -0.576. The number of hydrogen-bond acceptors (Lipinski definition) is 5. The van der Waals surface area contributed by atoms with Crippen molar-refractivity contribution in [2.75, 3.05) is 24.7 Å². The number of Topliss-reactive ketones (excluding diaryl/α,β-unsaturated/α-hetero) is 1. The van der Waals surface area contributed by atoms with Gasteiger partial charge in [0.2, 0.25) is 5.91 Å². The van der Waals surface area contributed by atoms with E-state index in [9.17, 15) is 14.4 Å². The fourth-order valence-corrected chi connectivity index (χ4v) is 3.02. The molecule has 1 heterocycles. The molecule has 0 aliphatic carbocycles. The molecule has 152 valence electrons. The van der Waals surface area contributed by atoms with Crippen LogP contribution >= 0.6 is 0 Å². The number of ketones is 1. The summed E-state index contributed by atoms with van der Waals surface area (Å²) in [6, 6.07) is 13.5. The summed E-state index contributed by atoms with van der Waals surface area (Å²) in [6.45, 7) is 4.98. The second kappa shape index (κ2) is 9.37. The SMILES string of the molecule is CC(C)COc1cccc(C(=O)OCC(=O)c2ccc(N3CCCC3=O)cc2)c1. The van der Waals surface area contributed by atoms with Crippen molar-refractivity contribution in [3.8, 4) is 5.75 Å². The Kier molecular flexibility index (Phi) is 6.65. The first-order valence-electron chi connectivity index (χ1n) is 9.77. The van der Waals surface area contributed by atoms with Crippen LogP contribution < -0.4 is 9.64 Å². The van der Waals surface area contributed by atoms with E-state index < -0.39 is 5.97 Å². The summed E-state index contributed by atoms with van der Waals surface area (Å²) >= 11 is 0. The van der Waals surface area contributed by atoms with Gasteiger partial charge in [0.05, 0.1) is 12.2 Å². The van der Waals surface area contributed by atoms with Gasteiger partial charge in [0, 0.05) is 24.2 Å². The van der Waals surface area contributed by atoms with Crippen molar-refractivity contribution in [3.05, 3.63) is 59.7 Å². The van der Waals surface area contributed by atoms with Crippen molar-refractivity contribution in [1.29, 1.82) is 0 Å². The molecule has 0 radical (unpaired) electrons. The summed E-state index contributed by atoms with van der Waals surface area (Å²) in [5.74, 6) is 0.180. The van der Waals surface area contributed by atoms with E-state index in [1.54, 1.807) is 53.4 Å². The number of hydrogen-bond donors (Lipinski definition) is 0. The number of nitrogens with zero attached hydrogens (tertiary/aromatic N) is 1. The van der Waals surface area contributed by atoms with E-state index in [2.05, 4.69) is 0 Å². The smallest absolute Gasteiger partial charge is 0.338 e. The van der Waals surface area contributed by atoms with E-state index in [0.717, 1.165) is 12.1 Å². The molecule has 0 spiro atoms. The van der Waals surface area contributed by atoms with Crippen LogP contribution in [-0.4, -0.2) is 37.4 Å². The normalized spacial score (nSPS) is 13.6. The molecule has 29 heavy (non-hydrogen) atoms. The summed E-state index contributed by atoms with van der Waals surface area (Å²) in [5, 5.41) is 0. The van der Waals surface area contributed by atoms with E-state index in [1.807, 2.05) is 13.8 Å². The predicted molar refractivity (Wildman–Crippen MR) is 109 cm³/mol. The van der Waals surface area contributed by atoms with Crippen molar-refractivity contribution in [3.63, 3.8) is 0 Å². The topological polar surface area (TPSA) is 72.9 Å². The number of amides is 1. The van der Waals surface area contributed by atoms with Crippen LogP contribution in [0.3, 0.4) is 0 Å². The highest BCUT2D eigenvalue weighted by Crippen LogP contribution is 2.22. The first-order chi connectivity index (χ1) is 13.9. The van der Waals surface area contributed by atoms with E-state index in [0.29, 0.717) is 42.4 Å². The molecule has 0 atom stereocenters. The van der Waals surface area contributed by atoms with E-state index >= 15 is 0 Å². The molecule has 1 saturated heterocycles. The monoisotopic (exact) mass is 395 g/mol. The molecule has 2 aromatic carbocycles. The largest absolute Gasteiger partial charge is 0.493 e. The van der Waals surface area contributed by atoms with E-state index in [-0.39, 0.29) is 18.3 Å². The molecule has 1 amide bonds. The maximum Gasteiger partial charge on any atom is 0.338 e. The van der Waals surface area contributed by atoms with Crippen LogP contribution in [0.2, 0.25) is 0 Å². The van der Waals surface area contributed by atoms with Gasteiger partial charge in [-0.1, -0.05) is 19.9 Å². The fraction of sp³-hybridized carbons (Fsp3) is 0.348. The molecular weight excluding hydrogens is 370 g/mol. The number of anilines is 1. The van der Waals surface area contributed by atoms with Gasteiger partial charge in [-0.2, -0.15) is 0 Å². The van der Waals surface area contributed by atoms with Gasteiger partial charge in [0.25, 0.3) is 0 Å². The van der Waals surface area contributed by atoms with Gasteiger partial charge in [0.1, 0.15) is 5.75 Å². The van der Waals surface area contributed by atoms with Crippen LogP contribution in [0, 0.1) is 5.92 Å². The van der Waals surface area contributed by atoms with Crippen molar-refractivity contribution >= 4 is 23.3 Å². The second-order valence-electron chi connectivity index (χ2n) is 7.43. The van der Waals surface area contributed by atoms with Crippen LogP contribution in [0.25, 0.3) is 0 Å². The summed E-state index contributed by atoms with van der Waals surface area (Å²) in [5.41, 5.74) is 1.54. The van der Waals surface area contributed by atoms with Crippen LogP contribution in [0.1, 0.15) is 47.4 Å². The molecule has 6 heteroatoms. The van der Waals surface area contributed by atoms with Crippen LogP contribution in [-0.2, 0) is 9.53 Å².